The van der Waals surface area contributed by atoms with Crippen molar-refractivity contribution in [1.82, 2.24) is 9.78 Å². The molecular weight excluding hydrogens is 404 g/mol. The van der Waals surface area contributed by atoms with Gasteiger partial charge in [-0.15, -0.1) is 0 Å². The first-order valence-electron chi connectivity index (χ1n) is 8.49. The smallest absolute Gasteiger partial charge is 0.262 e. The third-order valence-corrected chi connectivity index (χ3v) is 4.77. The number of nitrogens with zero attached hydrogens (tertiary/aromatic N) is 2. The predicted molar refractivity (Wildman–Crippen MR) is 108 cm³/mol. The molecule has 1 amide bonds. The van der Waals surface area contributed by atoms with E-state index in [-0.39, 0.29) is 12.5 Å². The number of hydrogen-bond donors (Lipinski definition) is 1. The third kappa shape index (κ3) is 4.82. The van der Waals surface area contributed by atoms with Crippen LogP contribution in [-0.4, -0.2) is 22.3 Å². The average Bonchev–Trinajstić information content (AvgIpc) is 2.91. The Balaban J connectivity index is 1.67. The number of ether oxygens (including phenoxy) is 1. The van der Waals surface area contributed by atoms with Gasteiger partial charge in [0.2, 0.25) is 0 Å². The van der Waals surface area contributed by atoms with E-state index in [2.05, 4.69) is 10.4 Å². The van der Waals surface area contributed by atoms with Crippen molar-refractivity contribution in [3.05, 3.63) is 75.3 Å². The largest absolute Gasteiger partial charge is 0.484 e. The van der Waals surface area contributed by atoms with Crippen LogP contribution in [-0.2, 0) is 11.3 Å². The molecule has 1 heterocycles. The van der Waals surface area contributed by atoms with E-state index in [4.69, 9.17) is 27.9 Å². The molecule has 3 rings (SSSR count). The summed E-state index contributed by atoms with van der Waals surface area (Å²) in [5.74, 6) is -0.147. The maximum Gasteiger partial charge on any atom is 0.262 e. The molecule has 28 heavy (non-hydrogen) atoms. The van der Waals surface area contributed by atoms with Gasteiger partial charge in [-0.1, -0.05) is 29.3 Å². The highest BCUT2D eigenvalue weighted by atomic mass is 35.5. The monoisotopic (exact) mass is 421 g/mol. The summed E-state index contributed by atoms with van der Waals surface area (Å²) in [6, 6.07) is 11.0. The summed E-state index contributed by atoms with van der Waals surface area (Å²) >= 11 is 11.9. The topological polar surface area (TPSA) is 56.2 Å². The van der Waals surface area contributed by atoms with E-state index in [9.17, 15) is 9.18 Å². The SMILES string of the molecule is Cc1nn(Cc2ccc(F)cc2Cl)c(C)c1NC(=O)COc1ccc(Cl)cc1. The van der Waals surface area contributed by atoms with E-state index in [1.165, 1.54) is 12.1 Å². The molecule has 0 aliphatic heterocycles. The fourth-order valence-electron chi connectivity index (χ4n) is 2.70. The molecule has 146 valence electrons. The van der Waals surface area contributed by atoms with Crippen LogP contribution in [0.2, 0.25) is 10.0 Å². The molecule has 1 N–H and O–H groups in total. The molecule has 0 bridgehead atoms. The minimum absolute atomic E-state index is 0.143. The standard InChI is InChI=1S/C20H18Cl2FN3O2/c1-12-20(24-19(27)11-28-17-7-4-15(21)5-8-17)13(2)26(25-12)10-14-3-6-16(23)9-18(14)22/h3-9H,10-11H2,1-2H3,(H,24,27). The Kier molecular flexibility index (Phi) is 6.21. The van der Waals surface area contributed by atoms with Gasteiger partial charge in [0.25, 0.3) is 5.91 Å². The molecule has 0 unspecified atom stereocenters. The normalized spacial score (nSPS) is 10.8. The van der Waals surface area contributed by atoms with E-state index in [1.54, 1.807) is 41.9 Å². The van der Waals surface area contributed by atoms with Crippen molar-refractivity contribution in [2.75, 3.05) is 11.9 Å². The van der Waals surface area contributed by atoms with Gasteiger partial charge in [-0.2, -0.15) is 5.10 Å². The van der Waals surface area contributed by atoms with Crippen molar-refractivity contribution in [3.8, 4) is 5.75 Å². The lowest BCUT2D eigenvalue weighted by atomic mass is 10.2. The van der Waals surface area contributed by atoms with Crippen LogP contribution < -0.4 is 10.1 Å². The number of aryl methyl sites for hydroxylation is 1. The van der Waals surface area contributed by atoms with E-state index in [0.717, 1.165) is 11.3 Å². The molecule has 0 aliphatic rings. The Morgan fingerprint density at radius 2 is 1.89 bits per heavy atom. The number of carbonyl (C=O) groups is 1. The van der Waals surface area contributed by atoms with Gasteiger partial charge in [0.1, 0.15) is 11.6 Å². The van der Waals surface area contributed by atoms with Crippen LogP contribution in [0.15, 0.2) is 42.5 Å². The van der Waals surface area contributed by atoms with Crippen LogP contribution in [0.25, 0.3) is 0 Å². The van der Waals surface area contributed by atoms with Crippen LogP contribution in [0.3, 0.4) is 0 Å². The molecule has 5 nitrogen and oxygen atoms in total. The van der Waals surface area contributed by atoms with Crippen LogP contribution in [0.1, 0.15) is 17.0 Å². The van der Waals surface area contributed by atoms with Gasteiger partial charge in [0.15, 0.2) is 6.61 Å². The van der Waals surface area contributed by atoms with Crippen LogP contribution in [0.4, 0.5) is 10.1 Å². The van der Waals surface area contributed by atoms with Crippen molar-refractivity contribution in [1.29, 1.82) is 0 Å². The molecule has 0 spiro atoms. The molecular formula is C20H18Cl2FN3O2. The summed E-state index contributed by atoms with van der Waals surface area (Å²) < 4.78 is 20.4. The number of hydrogen-bond acceptors (Lipinski definition) is 3. The van der Waals surface area contributed by atoms with Gasteiger partial charge in [-0.05, 0) is 55.8 Å². The van der Waals surface area contributed by atoms with Crippen molar-refractivity contribution < 1.29 is 13.9 Å². The Morgan fingerprint density at radius 3 is 2.57 bits per heavy atom. The number of amides is 1. The number of anilines is 1. The number of halogens is 3. The number of nitrogens with one attached hydrogen (secondary N) is 1. The molecule has 0 radical (unpaired) electrons. The summed E-state index contributed by atoms with van der Waals surface area (Å²) in [5.41, 5.74) is 2.77. The first-order valence-corrected chi connectivity index (χ1v) is 9.25. The second-order valence-electron chi connectivity index (χ2n) is 6.23. The van der Waals surface area contributed by atoms with Crippen molar-refractivity contribution in [3.63, 3.8) is 0 Å². The maximum absolute atomic E-state index is 13.2. The van der Waals surface area contributed by atoms with Gasteiger partial charge >= 0.3 is 0 Å². The number of carbonyl (C=O) groups excluding carboxylic acids is 1. The quantitative estimate of drug-likeness (QED) is 0.608. The maximum atomic E-state index is 13.2. The van der Waals surface area contributed by atoms with Gasteiger partial charge in [0.05, 0.1) is 23.6 Å². The minimum Gasteiger partial charge on any atom is -0.484 e. The summed E-state index contributed by atoms with van der Waals surface area (Å²) in [7, 11) is 0. The summed E-state index contributed by atoms with van der Waals surface area (Å²) in [5, 5.41) is 8.19. The van der Waals surface area contributed by atoms with Gasteiger partial charge < -0.3 is 10.1 Å². The second-order valence-corrected chi connectivity index (χ2v) is 7.07. The van der Waals surface area contributed by atoms with Crippen molar-refractivity contribution in [2.24, 2.45) is 0 Å². The van der Waals surface area contributed by atoms with Crippen molar-refractivity contribution >= 4 is 34.8 Å². The number of rotatable bonds is 6. The Hall–Kier alpha value is -2.57. The van der Waals surface area contributed by atoms with E-state index >= 15 is 0 Å². The zero-order chi connectivity index (χ0) is 20.3. The fourth-order valence-corrected chi connectivity index (χ4v) is 3.05. The molecule has 0 atom stereocenters. The summed E-state index contributed by atoms with van der Waals surface area (Å²) in [6.07, 6.45) is 0. The molecule has 1 aromatic heterocycles. The second kappa shape index (κ2) is 8.63. The first-order chi connectivity index (χ1) is 13.3. The first kappa shape index (κ1) is 20.2. The zero-order valence-corrected chi connectivity index (χ0v) is 16.8. The number of benzene rings is 2. The predicted octanol–water partition coefficient (Wildman–Crippen LogP) is 5.01. The van der Waals surface area contributed by atoms with Crippen LogP contribution >= 0.6 is 23.2 Å². The zero-order valence-electron chi connectivity index (χ0n) is 15.3. The lowest BCUT2D eigenvalue weighted by Gasteiger charge is -2.09. The fraction of sp³-hybridized carbons (Fsp3) is 0.200. The molecule has 8 heteroatoms. The van der Waals surface area contributed by atoms with E-state index in [0.29, 0.717) is 33.7 Å². The Labute approximate surface area is 172 Å². The molecule has 0 saturated heterocycles. The highest BCUT2D eigenvalue weighted by molar-refractivity contribution is 6.31. The molecule has 0 fully saturated rings. The number of aromatic nitrogens is 2. The van der Waals surface area contributed by atoms with Crippen LogP contribution in [0, 0.1) is 19.7 Å². The van der Waals surface area contributed by atoms with Gasteiger partial charge in [0, 0.05) is 10.0 Å². The van der Waals surface area contributed by atoms with Crippen molar-refractivity contribution in [2.45, 2.75) is 20.4 Å². The Bertz CT molecular complexity index is 1000. The highest BCUT2D eigenvalue weighted by Crippen LogP contribution is 2.23. The van der Waals surface area contributed by atoms with Gasteiger partial charge in [-0.25, -0.2) is 4.39 Å². The highest BCUT2D eigenvalue weighted by Gasteiger charge is 2.15. The van der Waals surface area contributed by atoms with E-state index < -0.39 is 5.82 Å². The molecule has 2 aromatic carbocycles. The summed E-state index contributed by atoms with van der Waals surface area (Å²) in [4.78, 5) is 12.3. The molecule has 3 aromatic rings. The molecule has 0 saturated carbocycles. The lowest BCUT2D eigenvalue weighted by molar-refractivity contribution is -0.118. The average molecular weight is 422 g/mol. The van der Waals surface area contributed by atoms with Gasteiger partial charge in [-0.3, -0.25) is 9.48 Å². The summed E-state index contributed by atoms with van der Waals surface area (Å²) in [6.45, 7) is 3.86. The Morgan fingerprint density at radius 1 is 1.18 bits per heavy atom. The van der Waals surface area contributed by atoms with E-state index in [1.807, 2.05) is 6.92 Å². The molecule has 0 aliphatic carbocycles. The minimum atomic E-state index is -0.393. The lowest BCUT2D eigenvalue weighted by Crippen LogP contribution is -2.21. The van der Waals surface area contributed by atoms with Crippen LogP contribution in [0.5, 0.6) is 5.75 Å². The third-order valence-electron chi connectivity index (χ3n) is 4.16.